The number of nitrogens with one attached hydrogen (secondary N) is 1. The van der Waals surface area contributed by atoms with E-state index in [9.17, 15) is 30.4 Å². The molecule has 4 nitrogen and oxygen atoms in total. The number of aryl methyl sites for hydroxylation is 1. The first-order valence-electron chi connectivity index (χ1n) is 5.64. The van der Waals surface area contributed by atoms with E-state index in [4.69, 9.17) is 5.73 Å². The van der Waals surface area contributed by atoms with Gasteiger partial charge in [0, 0.05) is 0 Å². The maximum Gasteiger partial charge on any atom is 0.416 e. The van der Waals surface area contributed by atoms with Crippen molar-refractivity contribution < 1.29 is 30.4 Å². The summed E-state index contributed by atoms with van der Waals surface area (Å²) >= 11 is 0. The third kappa shape index (κ3) is 5.34. The third-order valence-corrected chi connectivity index (χ3v) is 4.17. The molecule has 1 aromatic rings. The van der Waals surface area contributed by atoms with Crippen LogP contribution in [-0.4, -0.2) is 27.4 Å². The second kappa shape index (κ2) is 7.07. The number of hydrogen-bond donors (Lipinski definition) is 2. The van der Waals surface area contributed by atoms with Gasteiger partial charge in [0.15, 0.2) is 0 Å². The van der Waals surface area contributed by atoms with Gasteiger partial charge in [0.1, 0.15) is 0 Å². The molecule has 0 aliphatic carbocycles. The van der Waals surface area contributed by atoms with Crippen LogP contribution in [0.4, 0.5) is 22.0 Å². The Hall–Kier alpha value is -0.970. The number of sulfonamides is 1. The molecule has 0 radical (unpaired) electrons. The fourth-order valence-electron chi connectivity index (χ4n) is 1.48. The van der Waals surface area contributed by atoms with Crippen LogP contribution in [0.3, 0.4) is 0 Å². The Balaban J connectivity index is 0.00000441. The molecule has 1 aromatic carbocycles. The average Bonchev–Trinajstić information content (AvgIpc) is 2.35. The minimum atomic E-state index is -4.62. The van der Waals surface area contributed by atoms with E-state index in [1.54, 1.807) is 4.72 Å². The lowest BCUT2D eigenvalue weighted by molar-refractivity contribution is -0.137. The van der Waals surface area contributed by atoms with E-state index in [1.165, 1.54) is 0 Å². The summed E-state index contributed by atoms with van der Waals surface area (Å²) in [6, 6.07) is 1.93. The Bertz CT molecular complexity index is 619. The molecule has 0 amide bonds. The van der Waals surface area contributed by atoms with E-state index in [0.717, 1.165) is 13.0 Å². The Labute approximate surface area is 130 Å². The fraction of sp³-hybridized carbons (Fsp3) is 0.455. The smallest absolute Gasteiger partial charge is 0.325 e. The molecule has 0 heterocycles. The second-order valence-corrected chi connectivity index (χ2v) is 6.10. The minimum absolute atomic E-state index is 0. The highest BCUT2D eigenvalue weighted by molar-refractivity contribution is 7.89. The molecule has 0 aliphatic rings. The zero-order chi connectivity index (χ0) is 16.5. The molecule has 3 N–H and O–H groups in total. The largest absolute Gasteiger partial charge is 0.416 e. The number of rotatable bonds is 5. The van der Waals surface area contributed by atoms with Gasteiger partial charge < -0.3 is 5.73 Å². The van der Waals surface area contributed by atoms with Crippen molar-refractivity contribution in [2.75, 3.05) is 13.1 Å². The van der Waals surface area contributed by atoms with E-state index in [0.29, 0.717) is 12.1 Å². The topological polar surface area (TPSA) is 72.2 Å². The van der Waals surface area contributed by atoms with Crippen LogP contribution in [0.15, 0.2) is 23.1 Å². The van der Waals surface area contributed by atoms with Gasteiger partial charge in [0.05, 0.1) is 23.5 Å². The lowest BCUT2D eigenvalue weighted by Crippen LogP contribution is -2.41. The maximum atomic E-state index is 12.9. The molecular weight excluding hydrogens is 355 g/mol. The third-order valence-electron chi connectivity index (χ3n) is 2.61. The van der Waals surface area contributed by atoms with Gasteiger partial charge in [-0.3, -0.25) is 0 Å². The first-order chi connectivity index (χ1) is 9.39. The summed E-state index contributed by atoms with van der Waals surface area (Å²) in [5.74, 6) is -3.44. The molecule has 0 atom stereocenters. The van der Waals surface area contributed by atoms with Crippen molar-refractivity contribution in [3.8, 4) is 0 Å². The van der Waals surface area contributed by atoms with Gasteiger partial charge in [-0.1, -0.05) is 0 Å². The van der Waals surface area contributed by atoms with Gasteiger partial charge >= 0.3 is 6.18 Å². The molecule has 0 aliphatic heterocycles. The van der Waals surface area contributed by atoms with Crippen molar-refractivity contribution in [2.45, 2.75) is 23.9 Å². The normalized spacial score (nSPS) is 12.9. The Kier molecular flexibility index (Phi) is 6.76. The summed E-state index contributed by atoms with van der Waals surface area (Å²) in [5.41, 5.74) is 3.54. The molecule has 22 heavy (non-hydrogen) atoms. The SMILES string of the molecule is Cc1cc(C(F)(F)F)ccc1S(=O)(=O)NCC(F)(F)CN.Cl. The van der Waals surface area contributed by atoms with E-state index in [1.807, 2.05) is 0 Å². The van der Waals surface area contributed by atoms with Crippen LogP contribution in [0, 0.1) is 6.92 Å². The number of alkyl halides is 5. The predicted molar refractivity (Wildman–Crippen MR) is 72.6 cm³/mol. The zero-order valence-electron chi connectivity index (χ0n) is 11.2. The Morgan fingerprint density at radius 1 is 1.18 bits per heavy atom. The average molecular weight is 369 g/mol. The number of halogens is 6. The number of nitrogens with two attached hydrogens (primary N) is 1. The fourth-order valence-corrected chi connectivity index (χ4v) is 2.76. The number of benzene rings is 1. The summed E-state index contributed by atoms with van der Waals surface area (Å²) < 4.78 is 88.5. The molecule has 11 heteroatoms. The lowest BCUT2D eigenvalue weighted by atomic mass is 10.1. The van der Waals surface area contributed by atoms with Crippen molar-refractivity contribution in [3.05, 3.63) is 29.3 Å². The zero-order valence-corrected chi connectivity index (χ0v) is 12.9. The highest BCUT2D eigenvalue weighted by atomic mass is 35.5. The monoisotopic (exact) mass is 368 g/mol. The standard InChI is InChI=1S/C11H13F5N2O2S.ClH/c1-7-4-8(11(14,15)16)2-3-9(7)21(19,20)18-6-10(12,13)5-17;/h2-4,18H,5-6,17H2,1H3;1H. The van der Waals surface area contributed by atoms with Crippen LogP contribution >= 0.6 is 12.4 Å². The van der Waals surface area contributed by atoms with Crippen molar-refractivity contribution >= 4 is 22.4 Å². The van der Waals surface area contributed by atoms with Crippen LogP contribution in [0.25, 0.3) is 0 Å². The van der Waals surface area contributed by atoms with Crippen molar-refractivity contribution in [1.29, 1.82) is 0 Å². The van der Waals surface area contributed by atoms with Crippen molar-refractivity contribution in [3.63, 3.8) is 0 Å². The summed E-state index contributed by atoms with van der Waals surface area (Å²) in [4.78, 5) is -0.497. The van der Waals surface area contributed by atoms with Crippen molar-refractivity contribution in [1.82, 2.24) is 4.72 Å². The Morgan fingerprint density at radius 3 is 2.14 bits per heavy atom. The molecule has 0 bridgehead atoms. The molecule has 1 rings (SSSR count). The minimum Gasteiger partial charge on any atom is -0.325 e. The molecule has 0 unspecified atom stereocenters. The highest BCUT2D eigenvalue weighted by Gasteiger charge is 2.33. The summed E-state index contributed by atoms with van der Waals surface area (Å²) in [7, 11) is -4.35. The van der Waals surface area contributed by atoms with Gasteiger partial charge in [-0.2, -0.15) is 13.2 Å². The Morgan fingerprint density at radius 2 is 1.73 bits per heavy atom. The summed E-state index contributed by atoms with van der Waals surface area (Å²) in [6.45, 7) is -1.14. The van der Waals surface area contributed by atoms with E-state index < -0.39 is 45.7 Å². The van der Waals surface area contributed by atoms with Crippen LogP contribution in [-0.2, 0) is 16.2 Å². The molecule has 128 valence electrons. The molecule has 0 fully saturated rings. The first-order valence-corrected chi connectivity index (χ1v) is 7.13. The van der Waals surface area contributed by atoms with Crippen molar-refractivity contribution in [2.24, 2.45) is 5.73 Å². The van der Waals surface area contributed by atoms with E-state index in [-0.39, 0.29) is 18.0 Å². The van der Waals surface area contributed by atoms with Crippen LogP contribution < -0.4 is 10.5 Å². The maximum absolute atomic E-state index is 12.9. The quantitative estimate of drug-likeness (QED) is 0.783. The van der Waals surface area contributed by atoms with Gasteiger partial charge in [-0.05, 0) is 30.7 Å². The summed E-state index contributed by atoms with van der Waals surface area (Å²) in [6.07, 6.45) is -4.62. The summed E-state index contributed by atoms with van der Waals surface area (Å²) in [5, 5.41) is 0. The van der Waals surface area contributed by atoms with Gasteiger partial charge in [0.2, 0.25) is 10.0 Å². The number of hydrogen-bond acceptors (Lipinski definition) is 3. The molecule has 0 saturated heterocycles. The first kappa shape index (κ1) is 21.0. The predicted octanol–water partition coefficient (Wildman–Crippen LogP) is 2.31. The van der Waals surface area contributed by atoms with Gasteiger partial charge in [-0.25, -0.2) is 21.9 Å². The lowest BCUT2D eigenvalue weighted by Gasteiger charge is -2.16. The van der Waals surface area contributed by atoms with E-state index >= 15 is 0 Å². The van der Waals surface area contributed by atoms with Crippen LogP contribution in [0.1, 0.15) is 11.1 Å². The molecule has 0 spiro atoms. The highest BCUT2D eigenvalue weighted by Crippen LogP contribution is 2.31. The molecule has 0 aromatic heterocycles. The molecule has 0 saturated carbocycles. The van der Waals surface area contributed by atoms with Crippen LogP contribution in [0.5, 0.6) is 0 Å². The van der Waals surface area contributed by atoms with Gasteiger partial charge in [0.25, 0.3) is 5.92 Å². The van der Waals surface area contributed by atoms with E-state index in [2.05, 4.69) is 0 Å². The van der Waals surface area contributed by atoms with Crippen LogP contribution in [0.2, 0.25) is 0 Å². The van der Waals surface area contributed by atoms with Gasteiger partial charge in [-0.15, -0.1) is 12.4 Å². The second-order valence-electron chi connectivity index (χ2n) is 4.36. The molecular formula is C11H14ClF5N2O2S.